The molecule has 0 aliphatic rings. The van der Waals surface area contributed by atoms with Crippen LogP contribution in [-0.4, -0.2) is 26.9 Å². The highest BCUT2D eigenvalue weighted by Crippen LogP contribution is 2.07. The molecule has 0 bridgehead atoms. The van der Waals surface area contributed by atoms with Crippen LogP contribution < -0.4 is 10.6 Å². The molecule has 58 valence electrons. The summed E-state index contributed by atoms with van der Waals surface area (Å²) in [5.74, 6) is 0.404. The first-order valence-electron chi connectivity index (χ1n) is 3.06. The Labute approximate surface area is 62.1 Å². The second-order valence-corrected chi connectivity index (χ2v) is 2.05. The number of nitrogens with zero attached hydrogens (tertiary/aromatic N) is 4. The number of aromatic nitrogens is 4. The summed E-state index contributed by atoms with van der Waals surface area (Å²) in [5, 5.41) is 7.38. The maximum absolute atomic E-state index is 5.48. The van der Waals surface area contributed by atoms with Crippen LogP contribution in [0.1, 0.15) is 0 Å². The molecular weight excluding hydrogens is 146 g/mol. The minimum absolute atomic E-state index is 0.404. The normalized spacial score (nSPS) is 10.6. The molecular formula is C5H7N5O. The van der Waals surface area contributed by atoms with Crippen molar-refractivity contribution in [3.63, 3.8) is 0 Å². The van der Waals surface area contributed by atoms with Gasteiger partial charge in [-0.25, -0.2) is 0 Å². The Morgan fingerprint density at radius 1 is 1.64 bits per heavy atom. The van der Waals surface area contributed by atoms with Crippen LogP contribution in [0.15, 0.2) is 12.3 Å². The Morgan fingerprint density at radius 3 is 3.18 bits per heavy atom. The molecule has 2 N–H and O–H groups in total. The van der Waals surface area contributed by atoms with Gasteiger partial charge in [-0.1, -0.05) is 0 Å². The summed E-state index contributed by atoms with van der Waals surface area (Å²) < 4.78 is 1.47. The van der Waals surface area contributed by atoms with Gasteiger partial charge in [0.25, 0.3) is 0 Å². The van der Waals surface area contributed by atoms with Gasteiger partial charge in [0.1, 0.15) is 12.6 Å². The first-order valence-corrected chi connectivity index (χ1v) is 3.06. The van der Waals surface area contributed by atoms with Crippen LogP contribution in [0.5, 0.6) is 0 Å². The molecule has 0 aliphatic carbocycles. The van der Waals surface area contributed by atoms with Crippen molar-refractivity contribution in [3.05, 3.63) is 12.3 Å². The van der Waals surface area contributed by atoms with Gasteiger partial charge in [-0.15, -0.1) is 14.6 Å². The predicted octanol–water partition coefficient (Wildman–Crippen LogP) is -0.829. The van der Waals surface area contributed by atoms with Crippen molar-refractivity contribution < 1.29 is 4.84 Å². The zero-order valence-electron chi connectivity index (χ0n) is 5.93. The molecule has 2 heterocycles. The summed E-state index contributed by atoms with van der Waals surface area (Å²) in [7, 11) is 1.54. The van der Waals surface area contributed by atoms with E-state index < -0.39 is 0 Å². The number of nitrogen functional groups attached to an aromatic ring is 1. The molecule has 0 aliphatic heterocycles. The standard InChI is InChI=1S/C5H7N5O/c1-11-9-3-2-4-5(6)7-8-10(4)9/h2-3H,6H2,1H3. The molecule has 11 heavy (non-hydrogen) atoms. The van der Waals surface area contributed by atoms with Crippen LogP contribution in [0.3, 0.4) is 0 Å². The van der Waals surface area contributed by atoms with Gasteiger partial charge in [0, 0.05) is 0 Å². The third-order valence-electron chi connectivity index (χ3n) is 1.45. The summed E-state index contributed by atoms with van der Waals surface area (Å²) in [6.45, 7) is 0. The number of hydrogen-bond acceptors (Lipinski definition) is 4. The van der Waals surface area contributed by atoms with E-state index in [1.54, 1.807) is 12.3 Å². The molecule has 0 saturated heterocycles. The third kappa shape index (κ3) is 0.658. The van der Waals surface area contributed by atoms with E-state index in [0.717, 1.165) is 5.52 Å². The first kappa shape index (κ1) is 6.02. The SMILES string of the molecule is COn1ccc2c(N)nnn21. The largest absolute Gasteiger partial charge is 0.400 e. The Bertz CT molecular complexity index is 375. The zero-order valence-corrected chi connectivity index (χ0v) is 5.93. The van der Waals surface area contributed by atoms with Crippen LogP contribution in [0.2, 0.25) is 0 Å². The number of anilines is 1. The fourth-order valence-electron chi connectivity index (χ4n) is 0.926. The first-order chi connectivity index (χ1) is 5.33. The van der Waals surface area contributed by atoms with E-state index in [0.29, 0.717) is 5.82 Å². The van der Waals surface area contributed by atoms with Gasteiger partial charge in [-0.3, -0.25) is 0 Å². The Balaban J connectivity index is 2.77. The average Bonchev–Trinajstić information content (AvgIpc) is 2.53. The van der Waals surface area contributed by atoms with Gasteiger partial charge in [0.15, 0.2) is 5.82 Å². The van der Waals surface area contributed by atoms with E-state index in [9.17, 15) is 0 Å². The molecule has 0 atom stereocenters. The van der Waals surface area contributed by atoms with Crippen LogP contribution in [0.4, 0.5) is 5.82 Å². The van der Waals surface area contributed by atoms with E-state index in [-0.39, 0.29) is 0 Å². The summed E-state index contributed by atoms with van der Waals surface area (Å²) in [4.78, 5) is 6.33. The van der Waals surface area contributed by atoms with Gasteiger partial charge >= 0.3 is 0 Å². The monoisotopic (exact) mass is 153 g/mol. The van der Waals surface area contributed by atoms with E-state index in [2.05, 4.69) is 10.3 Å². The molecule has 0 unspecified atom stereocenters. The van der Waals surface area contributed by atoms with Gasteiger partial charge in [-0.2, -0.15) is 0 Å². The fraction of sp³-hybridized carbons (Fsp3) is 0.200. The predicted molar refractivity (Wildman–Crippen MR) is 37.9 cm³/mol. The smallest absolute Gasteiger partial charge is 0.175 e. The molecule has 2 rings (SSSR count). The van der Waals surface area contributed by atoms with Crippen molar-refractivity contribution in [2.75, 3.05) is 12.8 Å². The fourth-order valence-corrected chi connectivity index (χ4v) is 0.926. The highest BCUT2D eigenvalue weighted by molar-refractivity contribution is 5.63. The van der Waals surface area contributed by atoms with Gasteiger partial charge in [0.05, 0.1) is 6.20 Å². The molecule has 6 heteroatoms. The topological polar surface area (TPSA) is 70.4 Å². The highest BCUT2D eigenvalue weighted by Gasteiger charge is 2.04. The van der Waals surface area contributed by atoms with E-state index in [1.807, 2.05) is 0 Å². The number of hydrogen-bond donors (Lipinski definition) is 1. The lowest BCUT2D eigenvalue weighted by Crippen LogP contribution is -2.11. The highest BCUT2D eigenvalue weighted by atomic mass is 16.7. The Kier molecular flexibility index (Phi) is 1.03. The molecule has 2 aromatic heterocycles. The number of fused-ring (bicyclic) bond motifs is 1. The molecule has 0 fully saturated rings. The number of rotatable bonds is 1. The summed E-state index contributed by atoms with van der Waals surface area (Å²) in [6.07, 6.45) is 1.71. The van der Waals surface area contributed by atoms with Crippen molar-refractivity contribution in [2.45, 2.75) is 0 Å². The van der Waals surface area contributed by atoms with Crippen LogP contribution in [0.25, 0.3) is 5.52 Å². The maximum atomic E-state index is 5.48. The molecule has 0 saturated carbocycles. The maximum Gasteiger partial charge on any atom is 0.175 e. The Hall–Kier alpha value is -1.72. The van der Waals surface area contributed by atoms with Crippen molar-refractivity contribution >= 4 is 11.3 Å². The molecule has 0 amide bonds. The summed E-state index contributed by atoms with van der Waals surface area (Å²) in [6, 6.07) is 1.78. The molecule has 6 nitrogen and oxygen atoms in total. The molecule has 2 aromatic rings. The second-order valence-electron chi connectivity index (χ2n) is 2.05. The zero-order chi connectivity index (χ0) is 7.84. The lowest BCUT2D eigenvalue weighted by Gasteiger charge is -1.97. The van der Waals surface area contributed by atoms with Crippen molar-refractivity contribution in [3.8, 4) is 0 Å². The van der Waals surface area contributed by atoms with E-state index in [1.165, 1.54) is 16.6 Å². The summed E-state index contributed by atoms with van der Waals surface area (Å²) >= 11 is 0. The van der Waals surface area contributed by atoms with Gasteiger partial charge in [-0.05, 0) is 11.3 Å². The van der Waals surface area contributed by atoms with Crippen LogP contribution >= 0.6 is 0 Å². The average molecular weight is 153 g/mol. The van der Waals surface area contributed by atoms with E-state index in [4.69, 9.17) is 10.6 Å². The second kappa shape index (κ2) is 1.88. The molecule has 0 spiro atoms. The van der Waals surface area contributed by atoms with Gasteiger partial charge in [0.2, 0.25) is 0 Å². The Morgan fingerprint density at radius 2 is 2.45 bits per heavy atom. The van der Waals surface area contributed by atoms with Gasteiger partial charge < -0.3 is 10.6 Å². The quantitative estimate of drug-likeness (QED) is 0.580. The molecule has 0 radical (unpaired) electrons. The third-order valence-corrected chi connectivity index (χ3v) is 1.45. The van der Waals surface area contributed by atoms with Crippen LogP contribution in [0, 0.1) is 0 Å². The minimum atomic E-state index is 0.404. The van der Waals surface area contributed by atoms with E-state index >= 15 is 0 Å². The molecule has 0 aromatic carbocycles. The van der Waals surface area contributed by atoms with Crippen molar-refractivity contribution in [1.29, 1.82) is 0 Å². The lowest BCUT2D eigenvalue weighted by molar-refractivity contribution is 0.114. The minimum Gasteiger partial charge on any atom is -0.400 e. The van der Waals surface area contributed by atoms with Crippen LogP contribution in [-0.2, 0) is 0 Å². The summed E-state index contributed by atoms with van der Waals surface area (Å²) in [5.41, 5.74) is 6.22. The van der Waals surface area contributed by atoms with Crippen molar-refractivity contribution in [1.82, 2.24) is 19.8 Å². The van der Waals surface area contributed by atoms with Crippen molar-refractivity contribution in [2.24, 2.45) is 0 Å². The lowest BCUT2D eigenvalue weighted by atomic mass is 10.5. The number of nitrogens with two attached hydrogens (primary N) is 1.